The average Bonchev–Trinajstić information content (AvgIpc) is 2.27. The molecule has 0 aromatic carbocycles. The van der Waals surface area contributed by atoms with Gasteiger partial charge in [-0.3, -0.25) is 0 Å². The van der Waals surface area contributed by atoms with E-state index in [0.717, 1.165) is 45.2 Å². The van der Waals surface area contributed by atoms with Crippen molar-refractivity contribution in [2.75, 3.05) is 53.0 Å². The normalized spacial score (nSPS) is 19.6. The predicted molar refractivity (Wildman–Crippen MR) is 61.0 cm³/mol. The molecule has 0 unspecified atom stereocenters. The van der Waals surface area contributed by atoms with E-state index in [0.29, 0.717) is 0 Å². The van der Waals surface area contributed by atoms with Crippen molar-refractivity contribution in [2.24, 2.45) is 5.92 Å². The van der Waals surface area contributed by atoms with Crippen LogP contribution in [0.15, 0.2) is 0 Å². The van der Waals surface area contributed by atoms with Crippen molar-refractivity contribution in [1.29, 1.82) is 0 Å². The Morgan fingerprint density at radius 3 is 2.73 bits per heavy atom. The number of aliphatic hydroxyl groups is 1. The molecule has 0 aromatic rings. The Hall–Kier alpha value is -0.160. The van der Waals surface area contributed by atoms with E-state index in [4.69, 9.17) is 9.84 Å². The number of nitrogens with one attached hydrogen (secondary N) is 1. The molecular weight excluding hydrogens is 192 g/mol. The molecule has 4 heteroatoms. The molecule has 0 amide bonds. The number of likely N-dealkylation sites (tertiary alicyclic amines) is 1. The minimum absolute atomic E-state index is 0.288. The van der Waals surface area contributed by atoms with E-state index in [1.165, 1.54) is 12.8 Å². The first kappa shape index (κ1) is 12.9. The summed E-state index contributed by atoms with van der Waals surface area (Å²) >= 11 is 0. The van der Waals surface area contributed by atoms with Gasteiger partial charge in [-0.05, 0) is 38.4 Å². The van der Waals surface area contributed by atoms with Gasteiger partial charge in [0.1, 0.15) is 0 Å². The molecule has 0 aliphatic carbocycles. The van der Waals surface area contributed by atoms with E-state index < -0.39 is 0 Å². The van der Waals surface area contributed by atoms with Gasteiger partial charge >= 0.3 is 0 Å². The maximum Gasteiger partial charge on any atom is 0.0587 e. The fourth-order valence-corrected chi connectivity index (χ4v) is 2.04. The van der Waals surface area contributed by atoms with Gasteiger partial charge in [0.25, 0.3) is 0 Å². The number of aliphatic hydroxyl groups excluding tert-OH is 1. The number of ether oxygens (including phenoxy) is 1. The lowest BCUT2D eigenvalue weighted by Gasteiger charge is -2.31. The highest BCUT2D eigenvalue weighted by atomic mass is 16.5. The van der Waals surface area contributed by atoms with Gasteiger partial charge in [0.15, 0.2) is 0 Å². The fraction of sp³-hybridized carbons (Fsp3) is 1.00. The fourth-order valence-electron chi connectivity index (χ4n) is 2.04. The Kier molecular flexibility index (Phi) is 6.92. The summed E-state index contributed by atoms with van der Waals surface area (Å²) in [5, 5.41) is 12.2. The van der Waals surface area contributed by atoms with E-state index in [2.05, 4.69) is 10.2 Å². The number of hydrogen-bond acceptors (Lipinski definition) is 4. The molecular formula is C11H24N2O2. The van der Waals surface area contributed by atoms with Crippen molar-refractivity contribution in [3.05, 3.63) is 0 Å². The number of nitrogens with zero attached hydrogens (tertiary/aromatic N) is 1. The van der Waals surface area contributed by atoms with Crippen molar-refractivity contribution in [2.45, 2.75) is 12.8 Å². The van der Waals surface area contributed by atoms with Crippen LogP contribution in [0.3, 0.4) is 0 Å². The SMILES string of the molecule is COCCNCC1CCN(CCO)CC1. The van der Waals surface area contributed by atoms with Gasteiger partial charge in [-0.1, -0.05) is 0 Å². The molecule has 4 nitrogen and oxygen atoms in total. The van der Waals surface area contributed by atoms with Crippen molar-refractivity contribution in [1.82, 2.24) is 10.2 Å². The van der Waals surface area contributed by atoms with Crippen LogP contribution in [-0.4, -0.2) is 63.1 Å². The van der Waals surface area contributed by atoms with Gasteiger partial charge in [0.05, 0.1) is 13.2 Å². The Bertz CT molecular complexity index is 145. The second-order valence-corrected chi connectivity index (χ2v) is 4.21. The number of piperidine rings is 1. The lowest BCUT2D eigenvalue weighted by molar-refractivity contribution is 0.144. The van der Waals surface area contributed by atoms with Gasteiger partial charge in [0.2, 0.25) is 0 Å². The van der Waals surface area contributed by atoms with Crippen LogP contribution in [0.25, 0.3) is 0 Å². The number of β-amino-alcohol motifs (C(OH)–C–C–N with tert-alkyl or cyclic N) is 1. The minimum Gasteiger partial charge on any atom is -0.395 e. The quantitative estimate of drug-likeness (QED) is 0.585. The molecule has 1 fully saturated rings. The van der Waals surface area contributed by atoms with Gasteiger partial charge in [-0.2, -0.15) is 0 Å². The van der Waals surface area contributed by atoms with E-state index >= 15 is 0 Å². The highest BCUT2D eigenvalue weighted by molar-refractivity contribution is 4.73. The topological polar surface area (TPSA) is 44.7 Å². The number of methoxy groups -OCH3 is 1. The summed E-state index contributed by atoms with van der Waals surface area (Å²) in [5.74, 6) is 0.803. The van der Waals surface area contributed by atoms with Crippen LogP contribution in [-0.2, 0) is 4.74 Å². The molecule has 0 atom stereocenters. The largest absolute Gasteiger partial charge is 0.395 e. The minimum atomic E-state index is 0.288. The lowest BCUT2D eigenvalue weighted by Crippen LogP contribution is -2.39. The van der Waals surface area contributed by atoms with Gasteiger partial charge < -0.3 is 20.1 Å². The molecule has 1 rings (SSSR count). The number of rotatable bonds is 7. The molecule has 1 saturated heterocycles. The van der Waals surface area contributed by atoms with Crippen molar-refractivity contribution >= 4 is 0 Å². The van der Waals surface area contributed by atoms with Crippen LogP contribution in [0.5, 0.6) is 0 Å². The predicted octanol–water partition coefficient (Wildman–Crippen LogP) is -0.0733. The standard InChI is InChI=1S/C11H24N2O2/c1-15-9-4-12-10-11-2-5-13(6-3-11)7-8-14/h11-12,14H,2-10H2,1H3. The van der Waals surface area contributed by atoms with Crippen LogP contribution in [0.4, 0.5) is 0 Å². The molecule has 0 bridgehead atoms. The summed E-state index contributed by atoms with van der Waals surface area (Å²) in [6.07, 6.45) is 2.50. The first-order valence-electron chi connectivity index (χ1n) is 5.89. The molecule has 15 heavy (non-hydrogen) atoms. The smallest absolute Gasteiger partial charge is 0.0587 e. The van der Waals surface area contributed by atoms with Crippen LogP contribution < -0.4 is 5.32 Å². The van der Waals surface area contributed by atoms with Crippen molar-refractivity contribution in [3.8, 4) is 0 Å². The third-order valence-electron chi connectivity index (χ3n) is 3.04. The van der Waals surface area contributed by atoms with Crippen molar-refractivity contribution < 1.29 is 9.84 Å². The molecule has 90 valence electrons. The van der Waals surface area contributed by atoms with Gasteiger partial charge in [0, 0.05) is 20.2 Å². The zero-order valence-corrected chi connectivity index (χ0v) is 9.74. The van der Waals surface area contributed by atoms with E-state index in [1.807, 2.05) is 0 Å². The first-order valence-corrected chi connectivity index (χ1v) is 5.89. The van der Waals surface area contributed by atoms with E-state index in [-0.39, 0.29) is 6.61 Å². The zero-order valence-electron chi connectivity index (χ0n) is 9.74. The van der Waals surface area contributed by atoms with Crippen LogP contribution in [0, 0.1) is 5.92 Å². The van der Waals surface area contributed by atoms with Crippen LogP contribution >= 0.6 is 0 Å². The van der Waals surface area contributed by atoms with Gasteiger partial charge in [-0.15, -0.1) is 0 Å². The second-order valence-electron chi connectivity index (χ2n) is 4.21. The Morgan fingerprint density at radius 2 is 2.13 bits per heavy atom. The average molecular weight is 216 g/mol. The summed E-state index contributed by atoms with van der Waals surface area (Å²) in [4.78, 5) is 2.34. The lowest BCUT2D eigenvalue weighted by atomic mass is 9.97. The Labute approximate surface area is 92.6 Å². The highest BCUT2D eigenvalue weighted by Crippen LogP contribution is 2.15. The molecule has 0 aromatic heterocycles. The van der Waals surface area contributed by atoms with Crippen LogP contribution in [0.1, 0.15) is 12.8 Å². The Morgan fingerprint density at radius 1 is 1.40 bits per heavy atom. The molecule has 0 radical (unpaired) electrons. The second kappa shape index (κ2) is 8.05. The molecule has 0 saturated carbocycles. The number of hydrogen-bond donors (Lipinski definition) is 2. The maximum atomic E-state index is 8.82. The summed E-state index contributed by atoms with van der Waals surface area (Å²) < 4.78 is 4.98. The molecule has 1 aliphatic rings. The summed E-state index contributed by atoms with van der Waals surface area (Å²) in [7, 11) is 1.73. The third-order valence-corrected chi connectivity index (χ3v) is 3.04. The third kappa shape index (κ3) is 5.47. The van der Waals surface area contributed by atoms with E-state index in [9.17, 15) is 0 Å². The monoisotopic (exact) mass is 216 g/mol. The maximum absolute atomic E-state index is 8.82. The van der Waals surface area contributed by atoms with Crippen molar-refractivity contribution in [3.63, 3.8) is 0 Å². The zero-order chi connectivity index (χ0) is 10.9. The summed E-state index contributed by atoms with van der Waals surface area (Å²) in [6.45, 7) is 6.25. The molecule has 0 spiro atoms. The van der Waals surface area contributed by atoms with Crippen LogP contribution in [0.2, 0.25) is 0 Å². The molecule has 2 N–H and O–H groups in total. The highest BCUT2D eigenvalue weighted by Gasteiger charge is 2.17. The molecule has 1 heterocycles. The molecule has 1 aliphatic heterocycles. The van der Waals surface area contributed by atoms with Gasteiger partial charge in [-0.25, -0.2) is 0 Å². The first-order chi connectivity index (χ1) is 7.36. The summed E-state index contributed by atoms with van der Waals surface area (Å²) in [5.41, 5.74) is 0. The summed E-state index contributed by atoms with van der Waals surface area (Å²) in [6, 6.07) is 0. The van der Waals surface area contributed by atoms with E-state index in [1.54, 1.807) is 7.11 Å². The Balaban J connectivity index is 1.99.